The normalized spacial score (nSPS) is 15.5. The van der Waals surface area contributed by atoms with Gasteiger partial charge in [0.2, 0.25) is 0 Å². The van der Waals surface area contributed by atoms with E-state index in [0.29, 0.717) is 49.7 Å². The molecule has 8 heteroatoms. The van der Waals surface area contributed by atoms with E-state index in [4.69, 9.17) is 19.7 Å². The molecule has 0 aromatic heterocycles. The van der Waals surface area contributed by atoms with Crippen molar-refractivity contribution in [3.63, 3.8) is 0 Å². The zero-order chi connectivity index (χ0) is 21.9. The van der Waals surface area contributed by atoms with Gasteiger partial charge in [0, 0.05) is 12.8 Å². The Bertz CT molecular complexity index is 896. The summed E-state index contributed by atoms with van der Waals surface area (Å²) in [6, 6.07) is 9.72. The molecular weight excluding hydrogens is 392 g/mol. The Kier molecular flexibility index (Phi) is 8.80. The number of rotatable bonds is 2. The van der Waals surface area contributed by atoms with Crippen molar-refractivity contribution in [2.24, 2.45) is 0 Å². The quantitative estimate of drug-likeness (QED) is 0.710. The van der Waals surface area contributed by atoms with Crippen LogP contribution < -0.4 is 0 Å². The highest BCUT2D eigenvalue weighted by Gasteiger charge is 2.18. The van der Waals surface area contributed by atoms with E-state index in [0.717, 1.165) is 12.8 Å². The van der Waals surface area contributed by atoms with Crippen LogP contribution in [0.15, 0.2) is 36.4 Å². The summed E-state index contributed by atoms with van der Waals surface area (Å²) in [5, 5.41) is 19.1. The van der Waals surface area contributed by atoms with Crippen LogP contribution in [-0.4, -0.2) is 47.3 Å². The molecule has 2 N–H and O–H groups in total. The largest absolute Gasteiger partial charge is 0.478 e. The van der Waals surface area contributed by atoms with Crippen molar-refractivity contribution in [1.82, 2.24) is 0 Å². The van der Waals surface area contributed by atoms with Crippen LogP contribution in [0, 0.1) is 0 Å². The van der Waals surface area contributed by atoms with Gasteiger partial charge in [-0.15, -0.1) is 0 Å². The Morgan fingerprint density at radius 2 is 1.30 bits per heavy atom. The number of cyclic esters (lactones) is 2. The maximum atomic E-state index is 11.1. The molecule has 8 nitrogen and oxygen atoms in total. The first-order chi connectivity index (χ1) is 14.4. The van der Waals surface area contributed by atoms with E-state index in [1.807, 2.05) is 0 Å². The van der Waals surface area contributed by atoms with Crippen molar-refractivity contribution in [1.29, 1.82) is 0 Å². The average Bonchev–Trinajstić information content (AvgIpc) is 2.72. The number of carboxylic acids is 2. The Hall–Kier alpha value is -3.42. The lowest BCUT2D eigenvalue weighted by Crippen LogP contribution is -2.11. The van der Waals surface area contributed by atoms with Crippen LogP contribution in [0.5, 0.6) is 0 Å². The fraction of sp³-hybridized carbons (Fsp3) is 0.364. The van der Waals surface area contributed by atoms with Gasteiger partial charge in [-0.2, -0.15) is 0 Å². The zero-order valence-corrected chi connectivity index (χ0v) is 16.5. The van der Waals surface area contributed by atoms with Crippen molar-refractivity contribution in [3.8, 4) is 0 Å². The van der Waals surface area contributed by atoms with Crippen molar-refractivity contribution >= 4 is 34.6 Å². The van der Waals surface area contributed by atoms with E-state index in [1.165, 1.54) is 6.07 Å². The lowest BCUT2D eigenvalue weighted by molar-refractivity contribution is -0.147. The molecule has 3 rings (SSSR count). The molecular formula is C22H24O8. The molecule has 0 spiro atoms. The van der Waals surface area contributed by atoms with Crippen LogP contribution in [0.1, 0.15) is 59.2 Å². The predicted molar refractivity (Wildman–Crippen MR) is 107 cm³/mol. The summed E-state index contributed by atoms with van der Waals surface area (Å²) >= 11 is 0. The molecule has 2 aromatic rings. The highest BCUT2D eigenvalue weighted by atomic mass is 16.5. The number of hydrogen-bond donors (Lipinski definition) is 2. The summed E-state index contributed by atoms with van der Waals surface area (Å²) in [6.07, 6.45) is 3.75. The van der Waals surface area contributed by atoms with Gasteiger partial charge >= 0.3 is 23.9 Å². The average molecular weight is 416 g/mol. The number of ether oxygens (including phenoxy) is 2. The van der Waals surface area contributed by atoms with Gasteiger partial charge in [-0.1, -0.05) is 30.3 Å². The van der Waals surface area contributed by atoms with Gasteiger partial charge in [-0.25, -0.2) is 9.59 Å². The summed E-state index contributed by atoms with van der Waals surface area (Å²) in [5.74, 6) is -2.77. The third-order valence-corrected chi connectivity index (χ3v) is 4.45. The molecule has 1 aliphatic heterocycles. The first kappa shape index (κ1) is 22.9. The third kappa shape index (κ3) is 6.88. The van der Waals surface area contributed by atoms with Gasteiger partial charge in [-0.05, 0) is 42.5 Å². The van der Waals surface area contributed by atoms with Crippen molar-refractivity contribution in [2.75, 3.05) is 13.2 Å². The minimum atomic E-state index is -1.23. The SMILES string of the molecule is O=C(O)c1ccc2ccccc2c1C(=O)O.O=C1CCCCC(=O)OCCCCO1. The molecule has 0 amide bonds. The van der Waals surface area contributed by atoms with E-state index in [1.54, 1.807) is 30.3 Å². The van der Waals surface area contributed by atoms with E-state index < -0.39 is 11.9 Å². The molecule has 2 aromatic carbocycles. The second-order valence-corrected chi connectivity index (χ2v) is 6.67. The van der Waals surface area contributed by atoms with Gasteiger partial charge in [0.15, 0.2) is 0 Å². The molecule has 0 aliphatic carbocycles. The molecule has 0 atom stereocenters. The van der Waals surface area contributed by atoms with Crippen LogP contribution in [-0.2, 0) is 19.1 Å². The first-order valence-electron chi connectivity index (χ1n) is 9.69. The summed E-state index contributed by atoms with van der Waals surface area (Å²) in [6.45, 7) is 0.882. The third-order valence-electron chi connectivity index (χ3n) is 4.45. The Morgan fingerprint density at radius 1 is 0.733 bits per heavy atom. The molecule has 0 unspecified atom stereocenters. The van der Waals surface area contributed by atoms with E-state index in [9.17, 15) is 19.2 Å². The maximum Gasteiger partial charge on any atom is 0.337 e. The number of hydrogen-bond acceptors (Lipinski definition) is 6. The molecule has 160 valence electrons. The fourth-order valence-electron chi connectivity index (χ4n) is 2.94. The Morgan fingerprint density at radius 3 is 1.83 bits per heavy atom. The summed E-state index contributed by atoms with van der Waals surface area (Å²) in [4.78, 5) is 44.1. The number of aromatic carboxylic acids is 2. The Labute approximate surface area is 173 Å². The second-order valence-electron chi connectivity index (χ2n) is 6.67. The van der Waals surface area contributed by atoms with Crippen molar-refractivity contribution in [3.05, 3.63) is 47.5 Å². The molecule has 0 radical (unpaired) electrons. The molecule has 30 heavy (non-hydrogen) atoms. The molecule has 0 saturated carbocycles. The molecule has 1 fully saturated rings. The second kappa shape index (κ2) is 11.5. The highest BCUT2D eigenvalue weighted by Crippen LogP contribution is 2.22. The van der Waals surface area contributed by atoms with Crippen LogP contribution in [0.2, 0.25) is 0 Å². The van der Waals surface area contributed by atoms with Crippen LogP contribution in [0.3, 0.4) is 0 Å². The number of fused-ring (bicyclic) bond motifs is 1. The molecule has 1 heterocycles. The minimum absolute atomic E-state index is 0.154. The topological polar surface area (TPSA) is 127 Å². The van der Waals surface area contributed by atoms with E-state index in [2.05, 4.69) is 0 Å². The van der Waals surface area contributed by atoms with Crippen LogP contribution in [0.4, 0.5) is 0 Å². The number of carbonyl (C=O) groups excluding carboxylic acids is 2. The van der Waals surface area contributed by atoms with Gasteiger partial charge in [0.25, 0.3) is 0 Å². The molecule has 0 bridgehead atoms. The lowest BCUT2D eigenvalue weighted by Gasteiger charge is -2.08. The van der Waals surface area contributed by atoms with E-state index in [-0.39, 0.29) is 23.1 Å². The smallest absolute Gasteiger partial charge is 0.337 e. The first-order valence-corrected chi connectivity index (χ1v) is 9.69. The van der Waals surface area contributed by atoms with Gasteiger partial charge in [0.05, 0.1) is 24.3 Å². The molecule has 1 saturated heterocycles. The summed E-state index contributed by atoms with van der Waals surface area (Å²) in [7, 11) is 0. The number of carboxylic acid groups (broad SMARTS) is 2. The summed E-state index contributed by atoms with van der Waals surface area (Å²) in [5.41, 5.74) is -0.350. The van der Waals surface area contributed by atoms with Crippen LogP contribution in [0.25, 0.3) is 10.8 Å². The molecule has 1 aliphatic rings. The lowest BCUT2D eigenvalue weighted by atomic mass is 9.99. The maximum absolute atomic E-state index is 11.1. The predicted octanol–water partition coefficient (Wildman–Crippen LogP) is 3.66. The van der Waals surface area contributed by atoms with Gasteiger partial charge < -0.3 is 19.7 Å². The summed E-state index contributed by atoms with van der Waals surface area (Å²) < 4.78 is 9.92. The Balaban J connectivity index is 0.000000216. The number of carbonyl (C=O) groups is 4. The van der Waals surface area contributed by atoms with Crippen LogP contribution >= 0.6 is 0 Å². The minimum Gasteiger partial charge on any atom is -0.478 e. The number of esters is 2. The highest BCUT2D eigenvalue weighted by molar-refractivity contribution is 6.11. The van der Waals surface area contributed by atoms with Gasteiger partial charge in [0.1, 0.15) is 0 Å². The number of benzene rings is 2. The van der Waals surface area contributed by atoms with E-state index >= 15 is 0 Å². The standard InChI is InChI=1S/C12H8O4.C10H16O4/c13-11(14)9-6-5-7-3-1-2-4-8(7)10(9)12(15)16;11-9-5-1-2-6-10(12)14-8-4-3-7-13-9/h1-6H,(H,13,14)(H,15,16);1-8H2. The monoisotopic (exact) mass is 416 g/mol. The zero-order valence-electron chi connectivity index (χ0n) is 16.5. The fourth-order valence-corrected chi connectivity index (χ4v) is 2.94. The van der Waals surface area contributed by atoms with Gasteiger partial charge in [-0.3, -0.25) is 9.59 Å². The van der Waals surface area contributed by atoms with Crippen molar-refractivity contribution < 1.29 is 38.9 Å². The van der Waals surface area contributed by atoms with Crippen molar-refractivity contribution in [2.45, 2.75) is 38.5 Å².